The van der Waals surface area contributed by atoms with Crippen molar-refractivity contribution in [2.24, 2.45) is 32.9 Å². The Morgan fingerprint density at radius 2 is 0.962 bits per heavy atom. The topological polar surface area (TPSA) is 147 Å². The molecule has 0 aromatic heterocycles. The van der Waals surface area contributed by atoms with Gasteiger partial charge in [-0.2, -0.15) is 0 Å². The number of hydrogen-bond acceptors (Lipinski definition) is 4. The molecule has 0 saturated carbocycles. The Kier molecular flexibility index (Phi) is 12.2. The van der Waals surface area contributed by atoms with Crippen LogP contribution in [0.15, 0.2) is 58.5 Å². The van der Waals surface area contributed by atoms with Crippen LogP contribution < -0.4 is 32.4 Å². The van der Waals surface area contributed by atoms with E-state index in [0.29, 0.717) is 22.9 Å². The number of benzene rings is 2. The van der Waals surface area contributed by atoms with E-state index in [1.165, 1.54) is 0 Å². The van der Waals surface area contributed by atoms with Crippen molar-refractivity contribution < 1.29 is 9.47 Å². The first-order chi connectivity index (χ1) is 11.0. The molecule has 144 valence electrons. The van der Waals surface area contributed by atoms with E-state index in [9.17, 15) is 0 Å². The maximum atomic E-state index is 5.46. The summed E-state index contributed by atoms with van der Waals surface area (Å²) in [5, 5.41) is 0. The van der Waals surface area contributed by atoms with E-state index in [0.717, 1.165) is 0 Å². The van der Waals surface area contributed by atoms with Crippen LogP contribution in [0, 0.1) is 0 Å². The van der Waals surface area contributed by atoms with Gasteiger partial charge < -0.3 is 32.4 Å². The first kappa shape index (κ1) is 25.4. The molecule has 0 unspecified atom stereocenters. The van der Waals surface area contributed by atoms with Crippen LogP contribution >= 0.6 is 24.8 Å². The van der Waals surface area contributed by atoms with Crippen LogP contribution in [-0.2, 0) is 0 Å². The van der Waals surface area contributed by atoms with Crippen LogP contribution in [0.3, 0.4) is 0 Å². The van der Waals surface area contributed by atoms with Crippen LogP contribution in [0.5, 0.6) is 11.5 Å². The number of hydrogen-bond donors (Lipinski definition) is 4. The lowest BCUT2D eigenvalue weighted by molar-refractivity contribution is 0.120. The van der Waals surface area contributed by atoms with Crippen molar-refractivity contribution >= 4 is 48.1 Å². The van der Waals surface area contributed by atoms with Gasteiger partial charge >= 0.3 is 0 Å². The molecule has 8 N–H and O–H groups in total. The molecule has 0 heterocycles. The highest BCUT2D eigenvalue weighted by molar-refractivity contribution is 5.85. The van der Waals surface area contributed by atoms with Crippen molar-refractivity contribution in [2.75, 3.05) is 6.79 Å². The highest BCUT2D eigenvalue weighted by Crippen LogP contribution is 2.20. The Hall–Kier alpha value is -2.84. The average Bonchev–Trinajstić information content (AvgIpc) is 2.50. The molecule has 2 rings (SSSR count). The van der Waals surface area contributed by atoms with E-state index in [-0.39, 0.29) is 51.0 Å². The Labute approximate surface area is 165 Å². The number of ether oxygens (including phenoxy) is 2. The molecule has 0 spiro atoms. The third-order valence-electron chi connectivity index (χ3n) is 2.64. The maximum Gasteiger partial charge on any atom is 0.230 e. The Balaban J connectivity index is 0. The van der Waals surface area contributed by atoms with Gasteiger partial charge in [0.2, 0.25) is 6.79 Å². The average molecular weight is 403 g/mol. The monoisotopic (exact) mass is 402 g/mol. The quantitative estimate of drug-likeness (QED) is 0.331. The molecule has 10 heteroatoms. The molecular formula is C16H24Cl2N6O2. The summed E-state index contributed by atoms with van der Waals surface area (Å²) in [6, 6.07) is 13.9. The van der Waals surface area contributed by atoms with E-state index in [2.05, 4.69) is 9.98 Å². The van der Waals surface area contributed by atoms with Crippen molar-refractivity contribution in [2.45, 2.75) is 7.43 Å². The number of aliphatic imine (C=N–C) groups is 2. The van der Waals surface area contributed by atoms with Crippen LogP contribution in [-0.4, -0.2) is 18.7 Å². The fourth-order valence-electron chi connectivity index (χ4n) is 1.70. The lowest BCUT2D eigenvalue weighted by Crippen LogP contribution is -2.21. The number of rotatable bonds is 6. The third kappa shape index (κ3) is 8.86. The summed E-state index contributed by atoms with van der Waals surface area (Å²) < 4.78 is 10.9. The molecule has 0 aliphatic carbocycles. The summed E-state index contributed by atoms with van der Waals surface area (Å²) in [5.74, 6) is 1.28. The van der Waals surface area contributed by atoms with Gasteiger partial charge in [0.1, 0.15) is 11.5 Å². The van der Waals surface area contributed by atoms with Gasteiger partial charge in [0, 0.05) is 0 Å². The zero-order valence-corrected chi connectivity index (χ0v) is 14.8. The minimum absolute atomic E-state index is 0. The minimum Gasteiger partial charge on any atom is -0.458 e. The highest BCUT2D eigenvalue weighted by Gasteiger charge is 1.98. The Bertz CT molecular complexity index is 636. The van der Waals surface area contributed by atoms with Crippen molar-refractivity contribution in [3.05, 3.63) is 48.5 Å². The number of halogens is 2. The van der Waals surface area contributed by atoms with Gasteiger partial charge in [0.25, 0.3) is 0 Å². The van der Waals surface area contributed by atoms with Crippen LogP contribution in [0.4, 0.5) is 11.4 Å². The predicted molar refractivity (Wildman–Crippen MR) is 111 cm³/mol. The summed E-state index contributed by atoms with van der Waals surface area (Å²) in [6.07, 6.45) is 0. The molecule has 8 nitrogen and oxygen atoms in total. The second-order valence-electron chi connectivity index (χ2n) is 4.47. The molecule has 0 saturated heterocycles. The van der Waals surface area contributed by atoms with Crippen molar-refractivity contribution in [3.8, 4) is 11.5 Å². The first-order valence-electron chi connectivity index (χ1n) is 6.68. The molecular weight excluding hydrogens is 379 g/mol. The number of guanidine groups is 2. The van der Waals surface area contributed by atoms with Gasteiger partial charge in [0.15, 0.2) is 11.9 Å². The molecule has 0 amide bonds. The molecule has 0 fully saturated rings. The lowest BCUT2D eigenvalue weighted by Gasteiger charge is -2.08. The molecule has 26 heavy (non-hydrogen) atoms. The second-order valence-corrected chi connectivity index (χ2v) is 4.47. The van der Waals surface area contributed by atoms with E-state index in [1.54, 1.807) is 48.5 Å². The maximum absolute atomic E-state index is 5.46. The summed E-state index contributed by atoms with van der Waals surface area (Å²) in [5.41, 5.74) is 22.5. The SMILES string of the molecule is C.Cl.Cl.NC(N)=Nc1ccc(OCOc2ccc(N=C(N)N)cc2)cc1. The molecule has 0 atom stereocenters. The highest BCUT2D eigenvalue weighted by atomic mass is 35.5. The van der Waals surface area contributed by atoms with Gasteiger partial charge in [-0.15, -0.1) is 24.8 Å². The van der Waals surface area contributed by atoms with Crippen LogP contribution in [0.25, 0.3) is 0 Å². The van der Waals surface area contributed by atoms with E-state index < -0.39 is 0 Å². The summed E-state index contributed by atoms with van der Waals surface area (Å²) in [7, 11) is 0. The van der Waals surface area contributed by atoms with Crippen molar-refractivity contribution in [1.82, 2.24) is 0 Å². The predicted octanol–water partition coefficient (Wildman–Crippen LogP) is 2.39. The summed E-state index contributed by atoms with van der Waals surface area (Å²) in [6.45, 7) is 0.0588. The largest absolute Gasteiger partial charge is 0.458 e. The molecule has 2 aromatic rings. The molecule has 0 aliphatic rings. The minimum atomic E-state index is 0. The van der Waals surface area contributed by atoms with Gasteiger partial charge in [-0.05, 0) is 48.5 Å². The van der Waals surface area contributed by atoms with E-state index in [1.807, 2.05) is 0 Å². The molecule has 2 aromatic carbocycles. The number of nitrogens with two attached hydrogens (primary N) is 4. The van der Waals surface area contributed by atoms with Gasteiger partial charge in [-0.3, -0.25) is 0 Å². The number of nitrogens with zero attached hydrogens (tertiary/aromatic N) is 2. The smallest absolute Gasteiger partial charge is 0.230 e. The van der Waals surface area contributed by atoms with Crippen LogP contribution in [0.1, 0.15) is 7.43 Å². The Morgan fingerprint density at radius 3 is 1.23 bits per heavy atom. The molecule has 0 bridgehead atoms. The molecule has 0 aliphatic heterocycles. The molecule has 0 radical (unpaired) electrons. The Morgan fingerprint density at radius 1 is 0.654 bits per heavy atom. The van der Waals surface area contributed by atoms with Crippen molar-refractivity contribution in [3.63, 3.8) is 0 Å². The first-order valence-corrected chi connectivity index (χ1v) is 6.68. The zero-order chi connectivity index (χ0) is 16.7. The zero-order valence-electron chi connectivity index (χ0n) is 13.2. The van der Waals surface area contributed by atoms with Gasteiger partial charge in [-0.25, -0.2) is 9.98 Å². The normalized spacial score (nSPS) is 8.62. The van der Waals surface area contributed by atoms with Gasteiger partial charge in [-0.1, -0.05) is 7.43 Å². The fraction of sp³-hybridized carbons (Fsp3) is 0.125. The second kappa shape index (κ2) is 12.5. The van der Waals surface area contributed by atoms with Crippen LogP contribution in [0.2, 0.25) is 0 Å². The third-order valence-corrected chi connectivity index (χ3v) is 2.64. The van der Waals surface area contributed by atoms with Gasteiger partial charge in [0.05, 0.1) is 11.4 Å². The standard InChI is InChI=1S/C15H18N6O2.CH4.2ClH/c16-14(17)20-10-1-5-12(6-2-10)22-9-23-13-7-3-11(4-8-13)21-15(18)19;;;/h1-8H,9H2,(H4,16,17,20)(H4,18,19,21);1H4;2*1H. The lowest BCUT2D eigenvalue weighted by atomic mass is 10.3. The summed E-state index contributed by atoms with van der Waals surface area (Å²) in [4.78, 5) is 7.83. The summed E-state index contributed by atoms with van der Waals surface area (Å²) >= 11 is 0. The fourth-order valence-corrected chi connectivity index (χ4v) is 1.70. The van der Waals surface area contributed by atoms with E-state index in [4.69, 9.17) is 32.4 Å². The van der Waals surface area contributed by atoms with Crippen molar-refractivity contribution in [1.29, 1.82) is 0 Å². The van der Waals surface area contributed by atoms with E-state index >= 15 is 0 Å².